The van der Waals surface area contributed by atoms with Crippen LogP contribution in [-0.2, 0) is 0 Å². The number of aryl methyl sites for hydroxylation is 1. The third kappa shape index (κ3) is 1.92. The molecule has 1 aromatic heterocycles. The molecule has 0 atom stereocenters. The molecule has 0 saturated heterocycles. The fourth-order valence-corrected chi connectivity index (χ4v) is 1.54. The van der Waals surface area contributed by atoms with Gasteiger partial charge < -0.3 is 5.21 Å². The van der Waals surface area contributed by atoms with E-state index in [0.29, 0.717) is 4.73 Å². The summed E-state index contributed by atoms with van der Waals surface area (Å²) in [7, 11) is 0. The Morgan fingerprint density at radius 1 is 1.27 bits per heavy atom. The molecule has 0 aliphatic rings. The summed E-state index contributed by atoms with van der Waals surface area (Å²) in [6, 6.07) is 9.63. The Labute approximate surface area is 92.6 Å². The Hall–Kier alpha value is -1.61. The predicted molar refractivity (Wildman–Crippen MR) is 58.4 cm³/mol. The minimum Gasteiger partial charge on any atom is -0.710 e. The van der Waals surface area contributed by atoms with E-state index in [0.717, 1.165) is 16.8 Å². The number of nitrogens with zero attached hydrogens (tertiary/aromatic N) is 2. The van der Waals surface area contributed by atoms with Crippen molar-refractivity contribution in [1.82, 2.24) is 4.98 Å². The van der Waals surface area contributed by atoms with Gasteiger partial charge in [0.25, 0.3) is 0 Å². The second kappa shape index (κ2) is 3.87. The number of aromatic nitrogens is 2. The third-order valence-corrected chi connectivity index (χ3v) is 2.37. The third-order valence-electron chi connectivity index (χ3n) is 2.12. The second-order valence-corrected chi connectivity index (χ2v) is 3.57. The standard InChI is InChI=1S/C11H9ClN2O/c1-8-7-14(15)11(12)13-10(8)9-5-3-2-4-6-9/h2-7H,1H3. The first kappa shape index (κ1) is 9.93. The monoisotopic (exact) mass is 220 g/mol. The van der Waals surface area contributed by atoms with Crippen molar-refractivity contribution in [1.29, 1.82) is 0 Å². The van der Waals surface area contributed by atoms with E-state index in [9.17, 15) is 5.21 Å². The van der Waals surface area contributed by atoms with Gasteiger partial charge in [0.15, 0.2) is 5.69 Å². The molecule has 0 unspecified atom stereocenters. The van der Waals surface area contributed by atoms with Gasteiger partial charge in [-0.3, -0.25) is 0 Å². The van der Waals surface area contributed by atoms with Crippen molar-refractivity contribution < 1.29 is 4.73 Å². The number of hydrogen-bond acceptors (Lipinski definition) is 2. The molecule has 0 spiro atoms. The lowest BCUT2D eigenvalue weighted by Crippen LogP contribution is -2.29. The molecule has 0 amide bonds. The minimum absolute atomic E-state index is 0.0561. The van der Waals surface area contributed by atoms with Crippen molar-refractivity contribution >= 4 is 11.6 Å². The maximum absolute atomic E-state index is 11.1. The Bertz CT molecular complexity index is 485. The van der Waals surface area contributed by atoms with Gasteiger partial charge in [-0.1, -0.05) is 30.3 Å². The van der Waals surface area contributed by atoms with Crippen molar-refractivity contribution in [3.8, 4) is 11.3 Å². The first-order valence-electron chi connectivity index (χ1n) is 4.50. The Kier molecular flexibility index (Phi) is 2.56. The Morgan fingerprint density at radius 3 is 2.60 bits per heavy atom. The summed E-state index contributed by atoms with van der Waals surface area (Å²) >= 11 is 5.68. The lowest BCUT2D eigenvalue weighted by atomic mass is 10.1. The van der Waals surface area contributed by atoms with Crippen LogP contribution in [0, 0.1) is 12.1 Å². The lowest BCUT2D eigenvalue weighted by Gasteiger charge is -2.05. The van der Waals surface area contributed by atoms with Crippen LogP contribution in [0.5, 0.6) is 0 Å². The van der Waals surface area contributed by atoms with E-state index in [1.54, 1.807) is 0 Å². The molecule has 0 aliphatic carbocycles. The number of benzene rings is 1. The van der Waals surface area contributed by atoms with Gasteiger partial charge in [-0.15, -0.1) is 0 Å². The molecule has 0 fully saturated rings. The van der Waals surface area contributed by atoms with Crippen LogP contribution >= 0.6 is 11.6 Å². The van der Waals surface area contributed by atoms with Crippen molar-refractivity contribution in [2.45, 2.75) is 6.92 Å². The summed E-state index contributed by atoms with van der Waals surface area (Å²) < 4.78 is 0.559. The number of rotatable bonds is 1. The summed E-state index contributed by atoms with van der Waals surface area (Å²) in [5.41, 5.74) is 2.51. The molecule has 76 valence electrons. The van der Waals surface area contributed by atoms with E-state index >= 15 is 0 Å². The smallest absolute Gasteiger partial charge is 0.399 e. The molecule has 1 aromatic carbocycles. The topological polar surface area (TPSA) is 39.8 Å². The second-order valence-electron chi connectivity index (χ2n) is 3.23. The molecule has 2 rings (SSSR count). The average Bonchev–Trinajstić information content (AvgIpc) is 2.25. The highest BCUT2D eigenvalue weighted by Crippen LogP contribution is 2.20. The summed E-state index contributed by atoms with van der Waals surface area (Å²) in [4.78, 5) is 4.06. The van der Waals surface area contributed by atoms with Gasteiger partial charge in [0.2, 0.25) is 0 Å². The zero-order chi connectivity index (χ0) is 10.8. The van der Waals surface area contributed by atoms with Gasteiger partial charge in [0.1, 0.15) is 6.20 Å². The van der Waals surface area contributed by atoms with E-state index in [1.165, 1.54) is 6.20 Å². The molecule has 0 saturated carbocycles. The summed E-state index contributed by atoms with van der Waals surface area (Å²) in [6.07, 6.45) is 1.43. The van der Waals surface area contributed by atoms with Gasteiger partial charge >= 0.3 is 5.28 Å². The Balaban J connectivity index is 2.59. The molecule has 1 heterocycles. The predicted octanol–water partition coefficient (Wildman–Crippen LogP) is 2.34. The van der Waals surface area contributed by atoms with Crippen LogP contribution in [0.1, 0.15) is 5.56 Å². The molecular weight excluding hydrogens is 212 g/mol. The maximum atomic E-state index is 11.1. The Morgan fingerprint density at radius 2 is 1.93 bits per heavy atom. The molecule has 2 aromatic rings. The van der Waals surface area contributed by atoms with Crippen LogP contribution in [0.4, 0.5) is 0 Å². The molecule has 0 aliphatic heterocycles. The minimum atomic E-state index is -0.0561. The fourth-order valence-electron chi connectivity index (χ4n) is 1.41. The number of halogens is 1. The molecule has 15 heavy (non-hydrogen) atoms. The van der Waals surface area contributed by atoms with Crippen LogP contribution in [0.3, 0.4) is 0 Å². The summed E-state index contributed by atoms with van der Waals surface area (Å²) in [5.74, 6) is 0. The van der Waals surface area contributed by atoms with Crippen molar-refractivity contribution in [3.05, 3.63) is 52.6 Å². The largest absolute Gasteiger partial charge is 0.710 e. The van der Waals surface area contributed by atoms with Crippen LogP contribution < -0.4 is 4.73 Å². The highest BCUT2D eigenvalue weighted by atomic mass is 35.5. The van der Waals surface area contributed by atoms with E-state index in [2.05, 4.69) is 4.98 Å². The number of hydrogen-bond donors (Lipinski definition) is 0. The van der Waals surface area contributed by atoms with Crippen molar-refractivity contribution in [2.75, 3.05) is 0 Å². The van der Waals surface area contributed by atoms with E-state index in [4.69, 9.17) is 11.6 Å². The first-order chi connectivity index (χ1) is 7.18. The van der Waals surface area contributed by atoms with Crippen LogP contribution in [0.25, 0.3) is 11.3 Å². The van der Waals surface area contributed by atoms with Crippen LogP contribution in [0.2, 0.25) is 5.28 Å². The summed E-state index contributed by atoms with van der Waals surface area (Å²) in [6.45, 7) is 1.83. The van der Waals surface area contributed by atoms with Crippen LogP contribution in [-0.4, -0.2) is 4.98 Å². The highest BCUT2D eigenvalue weighted by Gasteiger charge is 2.13. The maximum Gasteiger partial charge on any atom is 0.399 e. The van der Waals surface area contributed by atoms with Gasteiger partial charge in [-0.25, -0.2) is 4.73 Å². The zero-order valence-electron chi connectivity index (χ0n) is 8.14. The lowest BCUT2D eigenvalue weighted by molar-refractivity contribution is -0.606. The highest BCUT2D eigenvalue weighted by molar-refractivity contribution is 6.27. The summed E-state index contributed by atoms with van der Waals surface area (Å²) in [5, 5.41) is 11.1. The van der Waals surface area contributed by atoms with Crippen molar-refractivity contribution in [3.63, 3.8) is 0 Å². The molecule has 0 N–H and O–H groups in total. The average molecular weight is 221 g/mol. The van der Waals surface area contributed by atoms with Gasteiger partial charge in [-0.05, 0) is 11.9 Å². The molecule has 4 heteroatoms. The molecule has 3 nitrogen and oxygen atoms in total. The SMILES string of the molecule is Cc1c[n+]([O-])c(Cl)nc1-c1ccccc1. The zero-order valence-corrected chi connectivity index (χ0v) is 8.90. The van der Waals surface area contributed by atoms with E-state index in [1.807, 2.05) is 37.3 Å². The van der Waals surface area contributed by atoms with Crippen LogP contribution in [0.15, 0.2) is 36.5 Å². The quantitative estimate of drug-likeness (QED) is 0.421. The van der Waals surface area contributed by atoms with E-state index in [-0.39, 0.29) is 5.28 Å². The molecule has 0 radical (unpaired) electrons. The van der Waals surface area contributed by atoms with Crippen molar-refractivity contribution in [2.24, 2.45) is 0 Å². The molecule has 0 bridgehead atoms. The van der Waals surface area contributed by atoms with Gasteiger partial charge in [0.05, 0.1) is 0 Å². The normalized spacial score (nSPS) is 10.3. The van der Waals surface area contributed by atoms with Gasteiger partial charge in [-0.2, -0.15) is 0 Å². The fraction of sp³-hybridized carbons (Fsp3) is 0.0909. The van der Waals surface area contributed by atoms with Gasteiger partial charge in [0, 0.05) is 22.7 Å². The van der Waals surface area contributed by atoms with E-state index < -0.39 is 0 Å². The molecular formula is C11H9ClN2O. The first-order valence-corrected chi connectivity index (χ1v) is 4.88.